The summed E-state index contributed by atoms with van der Waals surface area (Å²) in [7, 11) is 0. The number of aliphatic hydroxyl groups excluding tert-OH is 1. The van der Waals surface area contributed by atoms with Crippen molar-refractivity contribution < 1.29 is 24.2 Å². The molecule has 2 rings (SSSR count). The maximum absolute atomic E-state index is 12.6. The Balaban J connectivity index is 2.08. The molecule has 1 amide bonds. The summed E-state index contributed by atoms with van der Waals surface area (Å²) >= 11 is 0. The van der Waals surface area contributed by atoms with E-state index in [1.54, 1.807) is 56.3 Å². The molecule has 3 atom stereocenters. The summed E-state index contributed by atoms with van der Waals surface area (Å²) < 4.78 is 10.7. The lowest BCUT2D eigenvalue weighted by molar-refractivity contribution is -0.151. The Morgan fingerprint density at radius 1 is 0.966 bits per heavy atom. The highest BCUT2D eigenvalue weighted by Gasteiger charge is 2.32. The van der Waals surface area contributed by atoms with Crippen molar-refractivity contribution in [3.05, 3.63) is 65.7 Å². The van der Waals surface area contributed by atoms with Crippen LogP contribution in [0.15, 0.2) is 54.6 Å². The number of aliphatic hydroxyl groups is 1. The number of amides is 1. The topological polar surface area (TPSA) is 84.9 Å². The molecule has 0 aliphatic heterocycles. The Morgan fingerprint density at radius 2 is 1.59 bits per heavy atom. The van der Waals surface area contributed by atoms with Gasteiger partial charge in [-0.15, -0.1) is 0 Å². The van der Waals surface area contributed by atoms with E-state index in [4.69, 9.17) is 9.47 Å². The van der Waals surface area contributed by atoms with Crippen molar-refractivity contribution in [2.45, 2.75) is 51.9 Å². The third-order valence-electron chi connectivity index (χ3n) is 4.52. The Hall–Kier alpha value is -2.86. The number of rotatable bonds is 9. The quantitative estimate of drug-likeness (QED) is 0.632. The second-order valence-corrected chi connectivity index (χ2v) is 7.08. The van der Waals surface area contributed by atoms with Crippen LogP contribution in [0.25, 0.3) is 0 Å². The van der Waals surface area contributed by atoms with Crippen LogP contribution in [-0.2, 0) is 14.3 Å². The number of hydrogen-bond acceptors (Lipinski definition) is 5. The highest BCUT2D eigenvalue weighted by Crippen LogP contribution is 2.20. The average Bonchev–Trinajstić information content (AvgIpc) is 2.72. The molecular weight excluding hydrogens is 370 g/mol. The van der Waals surface area contributed by atoms with E-state index < -0.39 is 30.1 Å². The molecule has 2 N–H and O–H groups in total. The van der Waals surface area contributed by atoms with E-state index in [-0.39, 0.29) is 6.61 Å². The normalized spacial score (nSPS) is 14.0. The molecule has 29 heavy (non-hydrogen) atoms. The first-order valence-corrected chi connectivity index (χ1v) is 9.80. The fourth-order valence-corrected chi connectivity index (χ4v) is 2.80. The van der Waals surface area contributed by atoms with Crippen molar-refractivity contribution in [2.75, 3.05) is 6.61 Å². The van der Waals surface area contributed by atoms with Gasteiger partial charge in [0.1, 0.15) is 11.9 Å². The van der Waals surface area contributed by atoms with Crippen LogP contribution in [-0.4, -0.2) is 35.7 Å². The third-order valence-corrected chi connectivity index (χ3v) is 4.52. The minimum absolute atomic E-state index is 0.140. The summed E-state index contributed by atoms with van der Waals surface area (Å²) in [6, 6.07) is 14.9. The minimum atomic E-state index is -1.24. The molecule has 0 heterocycles. The number of carbonyl (C=O) groups is 2. The molecular formula is C23H29NO5. The summed E-state index contributed by atoms with van der Waals surface area (Å²) in [4.78, 5) is 25.0. The van der Waals surface area contributed by atoms with Crippen molar-refractivity contribution in [2.24, 2.45) is 0 Å². The summed E-state index contributed by atoms with van der Waals surface area (Å²) in [5.74, 6) is -0.278. The zero-order chi connectivity index (χ0) is 21.4. The van der Waals surface area contributed by atoms with Crippen molar-refractivity contribution in [1.29, 1.82) is 0 Å². The van der Waals surface area contributed by atoms with Gasteiger partial charge in [0.05, 0.1) is 6.61 Å². The Bertz CT molecular complexity index is 789. The lowest BCUT2D eigenvalue weighted by Crippen LogP contribution is -2.49. The van der Waals surface area contributed by atoms with E-state index in [0.29, 0.717) is 17.2 Å². The van der Waals surface area contributed by atoms with Crippen LogP contribution in [0.3, 0.4) is 0 Å². The van der Waals surface area contributed by atoms with E-state index in [2.05, 4.69) is 19.2 Å². The van der Waals surface area contributed by atoms with Gasteiger partial charge in [-0.3, -0.25) is 4.79 Å². The van der Waals surface area contributed by atoms with E-state index in [1.165, 1.54) is 5.56 Å². The summed E-state index contributed by atoms with van der Waals surface area (Å²) in [6.45, 7) is 7.58. The smallest absolute Gasteiger partial charge is 0.331 e. The van der Waals surface area contributed by atoms with Crippen LogP contribution in [0.2, 0.25) is 0 Å². The maximum atomic E-state index is 12.6. The molecule has 0 bridgehead atoms. The van der Waals surface area contributed by atoms with Gasteiger partial charge in [0, 0.05) is 0 Å². The number of esters is 1. The largest absolute Gasteiger partial charge is 0.481 e. The van der Waals surface area contributed by atoms with Crippen molar-refractivity contribution in [3.8, 4) is 5.75 Å². The molecule has 6 heteroatoms. The van der Waals surface area contributed by atoms with Gasteiger partial charge in [-0.1, -0.05) is 56.3 Å². The second kappa shape index (κ2) is 10.6. The number of carbonyl (C=O) groups excluding carboxylic acids is 2. The summed E-state index contributed by atoms with van der Waals surface area (Å²) in [5.41, 5.74) is 1.67. The van der Waals surface area contributed by atoms with Gasteiger partial charge < -0.3 is 19.9 Å². The zero-order valence-electron chi connectivity index (χ0n) is 17.3. The first kappa shape index (κ1) is 22.4. The third kappa shape index (κ3) is 6.32. The maximum Gasteiger partial charge on any atom is 0.331 e. The van der Waals surface area contributed by atoms with E-state index in [0.717, 1.165) is 0 Å². The van der Waals surface area contributed by atoms with E-state index in [1.807, 2.05) is 12.1 Å². The molecule has 0 saturated heterocycles. The molecule has 0 spiro atoms. The Morgan fingerprint density at radius 3 is 2.14 bits per heavy atom. The van der Waals surface area contributed by atoms with E-state index in [9.17, 15) is 14.7 Å². The highest BCUT2D eigenvalue weighted by molar-refractivity contribution is 5.87. The molecule has 156 valence electrons. The SMILES string of the molecule is CCOC(=O)C(NC(=O)C(C)Oc1ccc(C(C)C)cc1)C(O)c1ccccc1. The predicted octanol–water partition coefficient (Wildman–Crippen LogP) is 3.36. The van der Waals surface area contributed by atoms with Gasteiger partial charge in [-0.05, 0) is 43.0 Å². The first-order valence-electron chi connectivity index (χ1n) is 9.80. The molecule has 6 nitrogen and oxygen atoms in total. The van der Waals surface area contributed by atoms with Gasteiger partial charge in [0.25, 0.3) is 5.91 Å². The number of nitrogens with one attached hydrogen (secondary N) is 1. The van der Waals surface area contributed by atoms with Crippen molar-refractivity contribution in [3.63, 3.8) is 0 Å². The predicted molar refractivity (Wildman–Crippen MR) is 111 cm³/mol. The molecule has 0 radical (unpaired) electrons. The molecule has 0 aliphatic carbocycles. The van der Waals surface area contributed by atoms with Crippen LogP contribution in [0.4, 0.5) is 0 Å². The molecule has 3 unspecified atom stereocenters. The number of benzene rings is 2. The summed E-state index contributed by atoms with van der Waals surface area (Å²) in [6.07, 6.45) is -2.10. The van der Waals surface area contributed by atoms with Gasteiger partial charge in [0.2, 0.25) is 0 Å². The molecule has 2 aromatic carbocycles. The zero-order valence-corrected chi connectivity index (χ0v) is 17.3. The van der Waals surface area contributed by atoms with E-state index >= 15 is 0 Å². The summed E-state index contributed by atoms with van der Waals surface area (Å²) in [5, 5.41) is 13.2. The van der Waals surface area contributed by atoms with Gasteiger partial charge in [-0.25, -0.2) is 4.79 Å². The highest BCUT2D eigenvalue weighted by atomic mass is 16.5. The van der Waals surface area contributed by atoms with Crippen molar-refractivity contribution >= 4 is 11.9 Å². The van der Waals surface area contributed by atoms with Crippen LogP contribution < -0.4 is 10.1 Å². The molecule has 0 fully saturated rings. The Kier molecular flexibility index (Phi) is 8.21. The molecule has 0 saturated carbocycles. The van der Waals surface area contributed by atoms with Crippen LogP contribution in [0.1, 0.15) is 50.8 Å². The molecule has 0 aliphatic rings. The average molecular weight is 399 g/mol. The molecule has 2 aromatic rings. The van der Waals surface area contributed by atoms with Crippen LogP contribution >= 0.6 is 0 Å². The second-order valence-electron chi connectivity index (χ2n) is 7.08. The lowest BCUT2D eigenvalue weighted by atomic mass is 10.0. The monoisotopic (exact) mass is 399 g/mol. The van der Waals surface area contributed by atoms with Crippen LogP contribution in [0.5, 0.6) is 5.75 Å². The minimum Gasteiger partial charge on any atom is -0.481 e. The fraction of sp³-hybridized carbons (Fsp3) is 0.391. The fourth-order valence-electron chi connectivity index (χ4n) is 2.80. The standard InChI is InChI=1S/C23H29NO5/c1-5-28-23(27)20(21(25)18-9-7-6-8-10-18)24-22(26)16(4)29-19-13-11-17(12-14-19)15(2)3/h6-16,20-21,25H,5H2,1-4H3,(H,24,26). The lowest BCUT2D eigenvalue weighted by Gasteiger charge is -2.24. The first-order chi connectivity index (χ1) is 13.8. The van der Waals surface area contributed by atoms with Gasteiger partial charge in [0.15, 0.2) is 12.1 Å². The number of ether oxygens (including phenoxy) is 2. The van der Waals surface area contributed by atoms with Crippen molar-refractivity contribution in [1.82, 2.24) is 5.32 Å². The van der Waals surface area contributed by atoms with Gasteiger partial charge in [-0.2, -0.15) is 0 Å². The Labute approximate surface area is 171 Å². The van der Waals surface area contributed by atoms with Gasteiger partial charge >= 0.3 is 5.97 Å². The molecule has 0 aromatic heterocycles. The number of hydrogen-bond donors (Lipinski definition) is 2. The van der Waals surface area contributed by atoms with Crippen LogP contribution in [0, 0.1) is 0 Å².